The van der Waals surface area contributed by atoms with Crippen molar-refractivity contribution in [2.24, 2.45) is 9.98 Å². The van der Waals surface area contributed by atoms with Gasteiger partial charge in [-0.15, -0.1) is 0 Å². The Bertz CT molecular complexity index is 1500. The van der Waals surface area contributed by atoms with E-state index in [1.807, 2.05) is 92.1 Å². The van der Waals surface area contributed by atoms with E-state index in [4.69, 9.17) is 21.6 Å². The number of halogens is 1. The van der Waals surface area contributed by atoms with Crippen molar-refractivity contribution in [1.82, 2.24) is 4.98 Å². The van der Waals surface area contributed by atoms with Crippen LogP contribution in [0.15, 0.2) is 114 Å². The highest BCUT2D eigenvalue weighted by Crippen LogP contribution is 2.32. The van der Waals surface area contributed by atoms with Crippen molar-refractivity contribution in [2.75, 3.05) is 0 Å². The van der Waals surface area contributed by atoms with Crippen LogP contribution in [0.25, 0.3) is 22.9 Å². The summed E-state index contributed by atoms with van der Waals surface area (Å²) >= 11 is 6.67. The van der Waals surface area contributed by atoms with Gasteiger partial charge in [-0.25, -0.2) is 9.98 Å². The van der Waals surface area contributed by atoms with Crippen LogP contribution in [-0.4, -0.2) is 16.5 Å². The molecule has 0 bridgehead atoms. The smallest absolute Gasteiger partial charge is 0.160 e. The van der Waals surface area contributed by atoms with E-state index in [1.54, 1.807) is 0 Å². The molecule has 3 nitrogen and oxygen atoms in total. The van der Waals surface area contributed by atoms with Crippen molar-refractivity contribution in [2.45, 2.75) is 19.8 Å². The van der Waals surface area contributed by atoms with Gasteiger partial charge in [0.25, 0.3) is 0 Å². The van der Waals surface area contributed by atoms with Gasteiger partial charge in [0.05, 0.1) is 5.70 Å². The molecule has 0 radical (unpaired) electrons. The SMILES string of the molecule is C=C(N=C(N=C(C)c1ccccc1)c1cc(Cl)cc(-c2cncc3c2C=CCC3)c1)c1ccccc1. The van der Waals surface area contributed by atoms with Gasteiger partial charge >= 0.3 is 0 Å². The largest absolute Gasteiger partial charge is 0.264 e. The lowest BCUT2D eigenvalue weighted by Gasteiger charge is -2.15. The fourth-order valence-corrected chi connectivity index (χ4v) is 4.57. The Morgan fingerprint density at radius 1 is 0.861 bits per heavy atom. The van der Waals surface area contributed by atoms with Crippen molar-refractivity contribution in [3.63, 3.8) is 0 Å². The van der Waals surface area contributed by atoms with Crippen molar-refractivity contribution in [1.29, 1.82) is 0 Å². The zero-order valence-electron chi connectivity index (χ0n) is 20.2. The molecule has 0 saturated carbocycles. The van der Waals surface area contributed by atoms with Crippen LogP contribution in [0.3, 0.4) is 0 Å². The second-order valence-corrected chi connectivity index (χ2v) is 9.18. The standard InChI is InChI=1S/C32H26ClN3/c1-22(24-11-5-3-6-12-24)35-32(36-23(2)25-13-7-4-8-14-25)28-17-27(18-29(33)19-28)31-21-34-20-26-15-9-10-16-30(26)31/h3-8,10-14,16-21H,1,9,15H2,2H3. The molecule has 36 heavy (non-hydrogen) atoms. The minimum atomic E-state index is 0.558. The van der Waals surface area contributed by atoms with Gasteiger partial charge < -0.3 is 0 Å². The van der Waals surface area contributed by atoms with Gasteiger partial charge in [0, 0.05) is 34.3 Å². The number of rotatable bonds is 5. The quantitative estimate of drug-likeness (QED) is 0.206. The predicted molar refractivity (Wildman–Crippen MR) is 153 cm³/mol. The molecule has 176 valence electrons. The summed E-state index contributed by atoms with van der Waals surface area (Å²) in [5.41, 5.74) is 8.78. The first-order valence-electron chi connectivity index (χ1n) is 12.0. The van der Waals surface area contributed by atoms with Gasteiger partial charge in [0.15, 0.2) is 5.84 Å². The number of hydrogen-bond acceptors (Lipinski definition) is 2. The first-order chi connectivity index (χ1) is 17.6. The lowest BCUT2D eigenvalue weighted by Crippen LogP contribution is -2.05. The number of aliphatic imine (C=N–C) groups is 2. The zero-order valence-corrected chi connectivity index (χ0v) is 20.9. The maximum Gasteiger partial charge on any atom is 0.160 e. The Balaban J connectivity index is 1.64. The fraction of sp³-hybridized carbons (Fsp3) is 0.0938. The average molecular weight is 488 g/mol. The van der Waals surface area contributed by atoms with E-state index in [9.17, 15) is 0 Å². The number of aryl methyl sites for hydroxylation is 1. The van der Waals surface area contributed by atoms with Gasteiger partial charge in [0.2, 0.25) is 0 Å². The maximum atomic E-state index is 6.67. The molecule has 0 aliphatic heterocycles. The molecule has 1 heterocycles. The molecule has 0 amide bonds. The molecule has 1 aliphatic rings. The summed E-state index contributed by atoms with van der Waals surface area (Å²) in [6.45, 7) is 6.21. The molecule has 0 N–H and O–H groups in total. The summed E-state index contributed by atoms with van der Waals surface area (Å²) in [4.78, 5) is 14.4. The molecular weight excluding hydrogens is 462 g/mol. The highest BCUT2D eigenvalue weighted by molar-refractivity contribution is 6.31. The van der Waals surface area contributed by atoms with Crippen LogP contribution in [-0.2, 0) is 6.42 Å². The highest BCUT2D eigenvalue weighted by Gasteiger charge is 2.15. The summed E-state index contributed by atoms with van der Waals surface area (Å²) in [5, 5.41) is 0.616. The van der Waals surface area contributed by atoms with Crippen molar-refractivity contribution in [3.8, 4) is 11.1 Å². The maximum absolute atomic E-state index is 6.67. The molecule has 0 saturated heterocycles. The van der Waals surface area contributed by atoms with Crippen molar-refractivity contribution in [3.05, 3.63) is 137 Å². The molecule has 4 aromatic rings. The second-order valence-electron chi connectivity index (χ2n) is 8.74. The number of allylic oxidation sites excluding steroid dienone is 1. The Hall–Kier alpha value is -4.08. The number of benzene rings is 3. The summed E-state index contributed by atoms with van der Waals surface area (Å²) < 4.78 is 0. The third-order valence-electron chi connectivity index (χ3n) is 6.22. The molecule has 3 aromatic carbocycles. The van der Waals surface area contributed by atoms with E-state index in [0.29, 0.717) is 16.6 Å². The van der Waals surface area contributed by atoms with Crippen LogP contribution in [0.4, 0.5) is 0 Å². The number of hydrogen-bond donors (Lipinski definition) is 0. The average Bonchev–Trinajstić information content (AvgIpc) is 2.93. The van der Waals surface area contributed by atoms with Crippen molar-refractivity contribution >= 4 is 34.9 Å². The van der Waals surface area contributed by atoms with Gasteiger partial charge in [-0.05, 0) is 65.8 Å². The molecule has 1 aromatic heterocycles. The van der Waals surface area contributed by atoms with E-state index in [-0.39, 0.29) is 0 Å². The Morgan fingerprint density at radius 2 is 1.58 bits per heavy atom. The summed E-state index contributed by atoms with van der Waals surface area (Å²) in [5.74, 6) is 0.558. The monoisotopic (exact) mass is 487 g/mol. The lowest BCUT2D eigenvalue weighted by molar-refractivity contribution is 0.972. The van der Waals surface area contributed by atoms with E-state index < -0.39 is 0 Å². The number of pyridine rings is 1. The first kappa shape index (κ1) is 23.7. The fourth-order valence-electron chi connectivity index (χ4n) is 4.33. The predicted octanol–water partition coefficient (Wildman–Crippen LogP) is 8.29. The van der Waals surface area contributed by atoms with Crippen LogP contribution in [0, 0.1) is 0 Å². The molecule has 0 spiro atoms. The highest BCUT2D eigenvalue weighted by atomic mass is 35.5. The third-order valence-corrected chi connectivity index (χ3v) is 6.43. The molecule has 0 unspecified atom stereocenters. The van der Waals surface area contributed by atoms with E-state index in [0.717, 1.165) is 46.4 Å². The third kappa shape index (κ3) is 5.27. The van der Waals surface area contributed by atoms with Crippen LogP contribution in [0.5, 0.6) is 0 Å². The Morgan fingerprint density at radius 3 is 2.33 bits per heavy atom. The molecule has 0 fully saturated rings. The van der Waals surface area contributed by atoms with Crippen molar-refractivity contribution < 1.29 is 0 Å². The second kappa shape index (κ2) is 10.7. The molecule has 4 heteroatoms. The van der Waals surface area contributed by atoms with Gasteiger partial charge in [0.1, 0.15) is 0 Å². The minimum absolute atomic E-state index is 0.558. The normalized spacial score (nSPS) is 13.4. The number of nitrogens with zero attached hydrogens (tertiary/aromatic N) is 3. The van der Waals surface area contributed by atoms with E-state index in [2.05, 4.69) is 29.8 Å². The summed E-state index contributed by atoms with van der Waals surface area (Å²) in [6.07, 6.45) is 10.3. The molecular formula is C32H26ClN3. The van der Waals surface area contributed by atoms with Gasteiger partial charge in [-0.2, -0.15) is 0 Å². The summed E-state index contributed by atoms with van der Waals surface area (Å²) in [6, 6.07) is 26.0. The Labute approximate surface area is 217 Å². The van der Waals surface area contributed by atoms with Gasteiger partial charge in [-0.1, -0.05) is 91.0 Å². The molecule has 5 rings (SSSR count). The van der Waals surface area contributed by atoms with E-state index in [1.165, 1.54) is 11.1 Å². The number of aromatic nitrogens is 1. The summed E-state index contributed by atoms with van der Waals surface area (Å²) in [7, 11) is 0. The number of amidine groups is 1. The Kier molecular flexibility index (Phi) is 7.01. The molecule has 0 atom stereocenters. The topological polar surface area (TPSA) is 37.6 Å². The van der Waals surface area contributed by atoms with Crippen LogP contribution >= 0.6 is 11.6 Å². The first-order valence-corrected chi connectivity index (χ1v) is 12.3. The van der Waals surface area contributed by atoms with E-state index >= 15 is 0 Å². The van der Waals surface area contributed by atoms with Crippen LogP contribution in [0.1, 0.15) is 41.2 Å². The number of fused-ring (bicyclic) bond motifs is 1. The molecule has 1 aliphatic carbocycles. The van der Waals surface area contributed by atoms with Crippen LogP contribution < -0.4 is 0 Å². The lowest BCUT2D eigenvalue weighted by atomic mass is 9.92. The van der Waals surface area contributed by atoms with Gasteiger partial charge in [-0.3, -0.25) is 4.98 Å². The minimum Gasteiger partial charge on any atom is -0.264 e. The van der Waals surface area contributed by atoms with Crippen LogP contribution in [0.2, 0.25) is 5.02 Å². The zero-order chi connectivity index (χ0) is 24.9.